The van der Waals surface area contributed by atoms with Crippen LogP contribution < -0.4 is 5.32 Å². The van der Waals surface area contributed by atoms with Crippen molar-refractivity contribution < 1.29 is 27.5 Å². The van der Waals surface area contributed by atoms with Crippen LogP contribution >= 0.6 is 0 Å². The Morgan fingerprint density at radius 1 is 1.21 bits per heavy atom. The minimum Gasteiger partial charge on any atom is -0.392 e. The number of β-amino-alcohol motifs (C(OH)–C–C–N with tert-alkyl or cyclic N) is 1. The molecule has 2 aliphatic rings. The number of carbonyl (C=O) groups is 1. The lowest BCUT2D eigenvalue weighted by Gasteiger charge is -2.42. The number of nitrogens with zero attached hydrogens (tertiary/aromatic N) is 3. The van der Waals surface area contributed by atoms with Crippen molar-refractivity contribution in [2.45, 2.75) is 62.8 Å². The van der Waals surface area contributed by atoms with Crippen molar-refractivity contribution in [2.24, 2.45) is 0 Å². The first-order valence-electron chi connectivity index (χ1n) is 12.8. The Balaban J connectivity index is 1.50. The third kappa shape index (κ3) is 6.45. The lowest BCUT2D eigenvalue weighted by atomic mass is 9.69. The molecule has 1 saturated carbocycles. The molecule has 1 saturated heterocycles. The normalized spacial score (nSPS) is 24.1. The van der Waals surface area contributed by atoms with Crippen molar-refractivity contribution in [1.29, 1.82) is 5.26 Å². The Kier molecular flexibility index (Phi) is 8.28. The Hall–Kier alpha value is -3.16. The topological polar surface area (TPSA) is 79.6 Å². The number of carbonyl (C=O) groups excluding carboxylic acids is 1. The zero-order valence-corrected chi connectivity index (χ0v) is 21.3. The minimum atomic E-state index is -4.88. The smallest absolute Gasteiger partial charge is 0.392 e. The largest absolute Gasteiger partial charge is 0.419 e. The summed E-state index contributed by atoms with van der Waals surface area (Å²) in [5, 5.41) is 21.7. The predicted molar refractivity (Wildman–Crippen MR) is 135 cm³/mol. The summed E-state index contributed by atoms with van der Waals surface area (Å²) < 4.78 is 53.3. The Morgan fingerprint density at radius 2 is 1.95 bits per heavy atom. The fourth-order valence-corrected chi connectivity index (χ4v) is 5.53. The minimum absolute atomic E-state index is 0.126. The molecule has 1 heterocycles. The van der Waals surface area contributed by atoms with E-state index in [0.29, 0.717) is 63.1 Å². The van der Waals surface area contributed by atoms with Crippen molar-refractivity contribution in [2.75, 3.05) is 31.5 Å². The van der Waals surface area contributed by atoms with E-state index in [2.05, 4.69) is 23.2 Å². The van der Waals surface area contributed by atoms with Crippen LogP contribution in [0.5, 0.6) is 0 Å². The summed E-state index contributed by atoms with van der Waals surface area (Å²) in [6.45, 7) is 4.24. The van der Waals surface area contributed by atoms with E-state index in [1.54, 1.807) is 11.0 Å². The lowest BCUT2D eigenvalue weighted by Crippen LogP contribution is -2.49. The van der Waals surface area contributed by atoms with Gasteiger partial charge in [0.1, 0.15) is 5.82 Å². The van der Waals surface area contributed by atoms with Crippen molar-refractivity contribution in [3.8, 4) is 6.07 Å². The van der Waals surface area contributed by atoms with Crippen LogP contribution in [-0.2, 0) is 11.6 Å². The van der Waals surface area contributed by atoms with E-state index < -0.39 is 29.7 Å². The summed E-state index contributed by atoms with van der Waals surface area (Å²) in [5.41, 5.74) is -0.0520. The highest BCUT2D eigenvalue weighted by atomic mass is 19.4. The highest BCUT2D eigenvalue weighted by Gasteiger charge is 2.37. The molecule has 0 unspecified atom stereocenters. The van der Waals surface area contributed by atoms with Gasteiger partial charge in [0.15, 0.2) is 0 Å². The fraction of sp³-hybridized carbons (Fsp3) is 0.500. The molecule has 38 heavy (non-hydrogen) atoms. The van der Waals surface area contributed by atoms with Gasteiger partial charge in [0, 0.05) is 37.9 Å². The number of amides is 2. The number of hydrogen-bond donors (Lipinski definition) is 2. The molecule has 1 atom stereocenters. The molecule has 2 aromatic rings. The molecule has 2 N–H and O–H groups in total. The Morgan fingerprint density at radius 3 is 2.58 bits per heavy atom. The van der Waals surface area contributed by atoms with Crippen LogP contribution in [0.4, 0.5) is 28.0 Å². The SMILES string of the molecule is CC1(c2cccc(C#N)c2)CCC(N(CCN2CC[C@H](O)C2)C(=O)Nc2ccc(F)c(C(F)(F)F)c2)CC1. The summed E-state index contributed by atoms with van der Waals surface area (Å²) >= 11 is 0. The molecule has 204 valence electrons. The zero-order valence-electron chi connectivity index (χ0n) is 21.3. The van der Waals surface area contributed by atoms with Crippen LogP contribution in [-0.4, -0.2) is 59.3 Å². The number of nitriles is 1. The average Bonchev–Trinajstić information content (AvgIpc) is 3.30. The molecule has 1 aliphatic carbocycles. The maximum Gasteiger partial charge on any atom is 0.419 e. The van der Waals surface area contributed by atoms with Crippen LogP contribution in [0, 0.1) is 17.1 Å². The lowest BCUT2D eigenvalue weighted by molar-refractivity contribution is -0.139. The van der Waals surface area contributed by atoms with Crippen LogP contribution in [0.1, 0.15) is 55.7 Å². The molecule has 2 amide bonds. The molecular formula is C28H32F4N4O2. The van der Waals surface area contributed by atoms with Gasteiger partial charge in [-0.1, -0.05) is 19.1 Å². The molecule has 4 rings (SSSR count). The second-order valence-electron chi connectivity index (χ2n) is 10.5. The number of hydrogen-bond acceptors (Lipinski definition) is 4. The highest BCUT2D eigenvalue weighted by molar-refractivity contribution is 5.89. The number of anilines is 1. The average molecular weight is 533 g/mol. The van der Waals surface area contributed by atoms with Gasteiger partial charge >= 0.3 is 12.2 Å². The number of rotatable bonds is 6. The van der Waals surface area contributed by atoms with Crippen LogP contribution in [0.25, 0.3) is 0 Å². The van der Waals surface area contributed by atoms with E-state index in [9.17, 15) is 32.7 Å². The van der Waals surface area contributed by atoms with Gasteiger partial charge in [-0.3, -0.25) is 4.90 Å². The monoisotopic (exact) mass is 532 g/mol. The molecule has 1 aliphatic heterocycles. The van der Waals surface area contributed by atoms with E-state index in [4.69, 9.17) is 0 Å². The number of aliphatic hydroxyl groups is 1. The summed E-state index contributed by atoms with van der Waals surface area (Å²) in [7, 11) is 0. The van der Waals surface area contributed by atoms with Crippen molar-refractivity contribution in [3.05, 3.63) is 65.0 Å². The van der Waals surface area contributed by atoms with E-state index in [-0.39, 0.29) is 17.1 Å². The van der Waals surface area contributed by atoms with Crippen LogP contribution in [0.3, 0.4) is 0 Å². The van der Waals surface area contributed by atoms with E-state index in [0.717, 1.165) is 24.5 Å². The second kappa shape index (κ2) is 11.3. The molecule has 0 radical (unpaired) electrons. The number of aliphatic hydroxyl groups excluding tert-OH is 1. The molecular weight excluding hydrogens is 500 g/mol. The Labute approximate surface area is 219 Å². The van der Waals surface area contributed by atoms with E-state index in [1.807, 2.05) is 18.2 Å². The van der Waals surface area contributed by atoms with E-state index >= 15 is 0 Å². The number of benzene rings is 2. The molecule has 2 fully saturated rings. The van der Waals surface area contributed by atoms with E-state index in [1.165, 1.54) is 0 Å². The second-order valence-corrected chi connectivity index (χ2v) is 10.5. The third-order valence-corrected chi connectivity index (χ3v) is 7.88. The van der Waals surface area contributed by atoms with Gasteiger partial charge < -0.3 is 15.3 Å². The van der Waals surface area contributed by atoms with Gasteiger partial charge in [0.25, 0.3) is 0 Å². The fourth-order valence-electron chi connectivity index (χ4n) is 5.53. The zero-order chi connectivity index (χ0) is 27.5. The van der Waals surface area contributed by atoms with Gasteiger partial charge in [0.05, 0.1) is 23.3 Å². The number of likely N-dealkylation sites (tertiary alicyclic amines) is 1. The molecule has 10 heteroatoms. The Bertz CT molecular complexity index is 1190. The van der Waals surface area contributed by atoms with Crippen molar-refractivity contribution >= 4 is 11.7 Å². The molecule has 6 nitrogen and oxygen atoms in total. The molecule has 0 bridgehead atoms. The molecule has 2 aromatic carbocycles. The summed E-state index contributed by atoms with van der Waals surface area (Å²) in [4.78, 5) is 17.1. The predicted octanol–water partition coefficient (Wildman–Crippen LogP) is 5.52. The van der Waals surface area contributed by atoms with Gasteiger partial charge in [-0.2, -0.15) is 18.4 Å². The third-order valence-electron chi connectivity index (χ3n) is 7.88. The number of halogens is 4. The summed E-state index contributed by atoms with van der Waals surface area (Å²) in [6.07, 6.45) is -1.72. The molecule has 0 spiro atoms. The van der Waals surface area contributed by atoms with Crippen molar-refractivity contribution in [1.82, 2.24) is 9.80 Å². The molecule has 0 aromatic heterocycles. The first-order chi connectivity index (χ1) is 18.0. The first-order valence-corrected chi connectivity index (χ1v) is 12.8. The summed E-state index contributed by atoms with van der Waals surface area (Å²) in [5.74, 6) is -1.40. The first kappa shape index (κ1) is 27.9. The number of nitrogens with one attached hydrogen (secondary N) is 1. The quantitative estimate of drug-likeness (QED) is 0.481. The maximum absolute atomic E-state index is 13.8. The van der Waals surface area contributed by atoms with Crippen LogP contribution in [0.2, 0.25) is 0 Å². The summed E-state index contributed by atoms with van der Waals surface area (Å²) in [6, 6.07) is 11.5. The van der Waals surface area contributed by atoms with Crippen LogP contribution in [0.15, 0.2) is 42.5 Å². The van der Waals surface area contributed by atoms with Gasteiger partial charge in [-0.25, -0.2) is 9.18 Å². The van der Waals surface area contributed by atoms with Gasteiger partial charge in [-0.15, -0.1) is 0 Å². The van der Waals surface area contributed by atoms with Crippen molar-refractivity contribution in [3.63, 3.8) is 0 Å². The number of alkyl halides is 3. The number of urea groups is 1. The van der Waals surface area contributed by atoms with Gasteiger partial charge in [-0.05, 0) is 73.4 Å². The maximum atomic E-state index is 13.8. The standard InChI is InChI=1S/C28H32F4N4O2/c1-27(20-4-2-3-19(15-20)17-33)10-7-22(8-11-27)36(14-13-35-12-9-23(37)18-35)26(38)34-21-5-6-25(29)24(16-21)28(30,31)32/h2-6,15-16,22-23,37H,7-14,18H2,1H3,(H,34,38)/t22?,23-,27?/m0/s1. The van der Waals surface area contributed by atoms with Gasteiger partial charge in [0.2, 0.25) is 0 Å². The highest BCUT2D eigenvalue weighted by Crippen LogP contribution is 2.41.